The molecule has 1 aromatic heterocycles. The first-order chi connectivity index (χ1) is 14.2. The highest BCUT2D eigenvalue weighted by atomic mass is 16.6. The van der Waals surface area contributed by atoms with Crippen molar-refractivity contribution in [1.29, 1.82) is 0 Å². The molecular weight excluding hydrogens is 378 g/mol. The van der Waals surface area contributed by atoms with Gasteiger partial charge in [-0.05, 0) is 81.7 Å². The van der Waals surface area contributed by atoms with Gasteiger partial charge in [0.1, 0.15) is 17.8 Å². The van der Waals surface area contributed by atoms with E-state index in [1.807, 2.05) is 65.0 Å². The average Bonchev–Trinajstić information content (AvgIpc) is 3.17. The zero-order chi connectivity index (χ0) is 21.7. The third-order valence-corrected chi connectivity index (χ3v) is 4.56. The number of nitrogens with one attached hydrogen (secondary N) is 1. The standard InChI is InChI=1S/C25H29NO4/c1-6-17(2)29-16-19-13-21-10-11-28-23(21)22(14-19)20-9-7-8-18(12-20)15-26-24(27)30-25(3,4)5/h6-14H,15-16H2,1-5H3,(H,26,27)/b17-6+. The number of hydrogen-bond acceptors (Lipinski definition) is 4. The van der Waals surface area contributed by atoms with E-state index in [0.29, 0.717) is 13.2 Å². The summed E-state index contributed by atoms with van der Waals surface area (Å²) in [4.78, 5) is 12.0. The summed E-state index contributed by atoms with van der Waals surface area (Å²) in [6, 6.07) is 14.2. The molecule has 2 aromatic carbocycles. The summed E-state index contributed by atoms with van der Waals surface area (Å²) in [6.45, 7) is 10.3. The van der Waals surface area contributed by atoms with E-state index in [2.05, 4.69) is 23.5 Å². The highest BCUT2D eigenvalue weighted by Crippen LogP contribution is 2.32. The Hall–Kier alpha value is -3.21. The molecule has 1 amide bonds. The van der Waals surface area contributed by atoms with Gasteiger partial charge >= 0.3 is 6.09 Å². The lowest BCUT2D eigenvalue weighted by Crippen LogP contribution is -2.32. The summed E-state index contributed by atoms with van der Waals surface area (Å²) in [5.41, 5.74) is 4.36. The number of hydrogen-bond donors (Lipinski definition) is 1. The number of alkyl carbamates (subject to hydrolysis) is 1. The second kappa shape index (κ2) is 9.08. The van der Waals surface area contributed by atoms with Crippen molar-refractivity contribution in [1.82, 2.24) is 5.32 Å². The maximum Gasteiger partial charge on any atom is 0.407 e. The molecule has 0 aliphatic heterocycles. The molecule has 0 saturated carbocycles. The van der Waals surface area contributed by atoms with Gasteiger partial charge in [0.25, 0.3) is 0 Å². The molecule has 1 heterocycles. The van der Waals surface area contributed by atoms with E-state index in [-0.39, 0.29) is 0 Å². The molecule has 0 spiro atoms. The molecule has 0 fully saturated rings. The van der Waals surface area contributed by atoms with Crippen molar-refractivity contribution < 1.29 is 18.7 Å². The van der Waals surface area contributed by atoms with Crippen LogP contribution in [0.15, 0.2) is 65.0 Å². The third-order valence-electron chi connectivity index (χ3n) is 4.56. The van der Waals surface area contributed by atoms with E-state index < -0.39 is 11.7 Å². The van der Waals surface area contributed by atoms with E-state index >= 15 is 0 Å². The van der Waals surface area contributed by atoms with Crippen LogP contribution in [0.2, 0.25) is 0 Å². The topological polar surface area (TPSA) is 60.7 Å². The van der Waals surface area contributed by atoms with E-state index in [1.54, 1.807) is 6.26 Å². The number of fused-ring (bicyclic) bond motifs is 1. The molecule has 5 nitrogen and oxygen atoms in total. The average molecular weight is 408 g/mol. The summed E-state index contributed by atoms with van der Waals surface area (Å²) in [5.74, 6) is 0.888. The van der Waals surface area contributed by atoms with Gasteiger partial charge in [-0.25, -0.2) is 4.79 Å². The maximum atomic E-state index is 12.0. The first-order valence-electron chi connectivity index (χ1n) is 10.1. The number of carbonyl (C=O) groups is 1. The highest BCUT2D eigenvalue weighted by molar-refractivity contribution is 5.93. The molecule has 0 atom stereocenters. The Balaban J connectivity index is 1.84. The van der Waals surface area contributed by atoms with Gasteiger partial charge in [-0.15, -0.1) is 0 Å². The second-order valence-electron chi connectivity index (χ2n) is 8.23. The van der Waals surface area contributed by atoms with Crippen LogP contribution in [0.1, 0.15) is 45.7 Å². The van der Waals surface area contributed by atoms with Gasteiger partial charge in [0.05, 0.1) is 12.0 Å². The van der Waals surface area contributed by atoms with Crippen LogP contribution in [0, 0.1) is 0 Å². The van der Waals surface area contributed by atoms with Crippen LogP contribution in [0.3, 0.4) is 0 Å². The van der Waals surface area contributed by atoms with Crippen LogP contribution < -0.4 is 5.32 Å². The molecule has 30 heavy (non-hydrogen) atoms. The summed E-state index contributed by atoms with van der Waals surface area (Å²) < 4.78 is 16.9. The van der Waals surface area contributed by atoms with Crippen molar-refractivity contribution in [3.05, 3.63) is 71.7 Å². The lowest BCUT2D eigenvalue weighted by atomic mass is 9.99. The zero-order valence-corrected chi connectivity index (χ0v) is 18.2. The van der Waals surface area contributed by atoms with Crippen molar-refractivity contribution in [2.45, 2.75) is 53.4 Å². The quantitative estimate of drug-likeness (QED) is 0.470. The number of carbonyl (C=O) groups excluding carboxylic acids is 1. The fourth-order valence-corrected chi connectivity index (χ4v) is 3.06. The molecule has 3 rings (SSSR count). The molecule has 3 aromatic rings. The Labute approximate surface area is 177 Å². The summed E-state index contributed by atoms with van der Waals surface area (Å²) in [6.07, 6.45) is 3.21. The predicted molar refractivity (Wildman–Crippen MR) is 119 cm³/mol. The van der Waals surface area contributed by atoms with Crippen LogP contribution in [0.4, 0.5) is 4.79 Å². The zero-order valence-electron chi connectivity index (χ0n) is 18.2. The monoisotopic (exact) mass is 407 g/mol. The van der Waals surface area contributed by atoms with Crippen LogP contribution in [0.5, 0.6) is 0 Å². The SMILES string of the molecule is C/C=C(\C)OCc1cc(-c2cccc(CNC(=O)OC(C)(C)C)c2)c2occc2c1. The van der Waals surface area contributed by atoms with E-state index in [9.17, 15) is 4.79 Å². The lowest BCUT2D eigenvalue weighted by Gasteiger charge is -2.19. The molecule has 5 heteroatoms. The molecule has 158 valence electrons. The molecular formula is C25H29NO4. The molecule has 0 aliphatic rings. The Morgan fingerprint density at radius 3 is 2.67 bits per heavy atom. The van der Waals surface area contributed by atoms with Crippen LogP contribution in [0.25, 0.3) is 22.1 Å². The van der Waals surface area contributed by atoms with E-state index in [4.69, 9.17) is 13.9 Å². The fraction of sp³-hybridized carbons (Fsp3) is 0.320. The van der Waals surface area contributed by atoms with Crippen molar-refractivity contribution in [2.24, 2.45) is 0 Å². The van der Waals surface area contributed by atoms with E-state index in [1.165, 1.54) is 0 Å². The molecule has 0 bridgehead atoms. The fourth-order valence-electron chi connectivity index (χ4n) is 3.06. The number of furan rings is 1. The van der Waals surface area contributed by atoms with Crippen LogP contribution in [-0.4, -0.2) is 11.7 Å². The van der Waals surface area contributed by atoms with Gasteiger partial charge in [0.2, 0.25) is 0 Å². The second-order valence-corrected chi connectivity index (χ2v) is 8.23. The highest BCUT2D eigenvalue weighted by Gasteiger charge is 2.16. The molecule has 0 radical (unpaired) electrons. The van der Waals surface area contributed by atoms with Crippen LogP contribution >= 0.6 is 0 Å². The van der Waals surface area contributed by atoms with Gasteiger partial charge in [-0.2, -0.15) is 0 Å². The number of amides is 1. The minimum atomic E-state index is -0.523. The Kier molecular flexibility index (Phi) is 6.50. The number of ether oxygens (including phenoxy) is 2. The minimum absolute atomic E-state index is 0.382. The number of rotatable bonds is 6. The summed E-state index contributed by atoms with van der Waals surface area (Å²) in [7, 11) is 0. The predicted octanol–water partition coefficient (Wildman–Crippen LogP) is 6.56. The minimum Gasteiger partial charge on any atom is -0.494 e. The summed E-state index contributed by atoms with van der Waals surface area (Å²) in [5, 5.41) is 3.84. The largest absolute Gasteiger partial charge is 0.494 e. The van der Waals surface area contributed by atoms with Crippen molar-refractivity contribution in [2.75, 3.05) is 0 Å². The smallest absolute Gasteiger partial charge is 0.407 e. The van der Waals surface area contributed by atoms with Crippen molar-refractivity contribution >= 4 is 17.1 Å². The third kappa shape index (κ3) is 5.66. The molecule has 0 saturated heterocycles. The van der Waals surface area contributed by atoms with Gasteiger partial charge < -0.3 is 19.2 Å². The number of benzene rings is 2. The van der Waals surface area contributed by atoms with Crippen LogP contribution in [-0.2, 0) is 22.6 Å². The number of allylic oxidation sites excluding steroid dienone is 2. The lowest BCUT2D eigenvalue weighted by molar-refractivity contribution is 0.0523. The van der Waals surface area contributed by atoms with E-state index in [0.717, 1.165) is 39.0 Å². The maximum absolute atomic E-state index is 12.0. The Bertz CT molecular complexity index is 1060. The molecule has 0 unspecified atom stereocenters. The summed E-state index contributed by atoms with van der Waals surface area (Å²) >= 11 is 0. The first-order valence-corrected chi connectivity index (χ1v) is 10.1. The van der Waals surface area contributed by atoms with Crippen molar-refractivity contribution in [3.63, 3.8) is 0 Å². The van der Waals surface area contributed by atoms with Gasteiger partial charge in [0.15, 0.2) is 0 Å². The normalized spacial score (nSPS) is 12.1. The van der Waals surface area contributed by atoms with Crippen molar-refractivity contribution in [3.8, 4) is 11.1 Å². The Morgan fingerprint density at radius 2 is 1.93 bits per heavy atom. The van der Waals surface area contributed by atoms with Gasteiger partial charge in [0, 0.05) is 17.5 Å². The molecule has 0 aliphatic carbocycles. The Morgan fingerprint density at radius 1 is 1.13 bits per heavy atom. The van der Waals surface area contributed by atoms with Gasteiger partial charge in [-0.3, -0.25) is 0 Å². The molecule has 1 N–H and O–H groups in total. The van der Waals surface area contributed by atoms with Gasteiger partial charge in [-0.1, -0.05) is 18.2 Å². The first kappa shape index (κ1) is 21.5.